The maximum absolute atomic E-state index is 13.6. The van der Waals surface area contributed by atoms with Gasteiger partial charge in [-0.25, -0.2) is 14.4 Å². The summed E-state index contributed by atoms with van der Waals surface area (Å²) >= 11 is 0. The highest BCUT2D eigenvalue weighted by atomic mass is 19.4. The van der Waals surface area contributed by atoms with Gasteiger partial charge in [0.25, 0.3) is 5.91 Å². The Morgan fingerprint density at radius 3 is 2.50 bits per heavy atom. The zero-order valence-corrected chi connectivity index (χ0v) is 14.9. The van der Waals surface area contributed by atoms with Crippen molar-refractivity contribution in [3.63, 3.8) is 0 Å². The minimum Gasteiger partial charge on any atom is -0.351 e. The lowest BCUT2D eigenvalue weighted by Gasteiger charge is -2.34. The van der Waals surface area contributed by atoms with E-state index in [0.717, 1.165) is 12.3 Å². The van der Waals surface area contributed by atoms with Crippen molar-refractivity contribution in [1.82, 2.24) is 20.2 Å². The fourth-order valence-electron chi connectivity index (χ4n) is 2.90. The van der Waals surface area contributed by atoms with Crippen LogP contribution in [0.1, 0.15) is 16.1 Å². The molecule has 150 valence electrons. The summed E-state index contributed by atoms with van der Waals surface area (Å²) in [4.78, 5) is 23.3. The highest BCUT2D eigenvalue weighted by Crippen LogP contribution is 2.28. The third kappa shape index (κ3) is 4.94. The molecule has 1 aromatic carbocycles. The normalized spacial score (nSPS) is 15.5. The van der Waals surface area contributed by atoms with Gasteiger partial charge in [0.2, 0.25) is 5.95 Å². The van der Waals surface area contributed by atoms with Crippen molar-refractivity contribution < 1.29 is 22.4 Å². The number of alkyl halides is 3. The number of rotatable bonds is 5. The van der Waals surface area contributed by atoms with E-state index >= 15 is 0 Å². The number of hydrogen-bond donors (Lipinski definition) is 1. The van der Waals surface area contributed by atoms with E-state index in [1.165, 1.54) is 18.2 Å². The van der Waals surface area contributed by atoms with Crippen molar-refractivity contribution in [1.29, 1.82) is 0 Å². The molecule has 1 amide bonds. The molecule has 0 atom stereocenters. The number of anilines is 1. The number of aromatic nitrogens is 2. The first-order valence-electron chi connectivity index (χ1n) is 8.75. The van der Waals surface area contributed by atoms with Gasteiger partial charge in [0.1, 0.15) is 11.5 Å². The molecular formula is C18H19F4N5O. The lowest BCUT2D eigenvalue weighted by molar-refractivity contribution is -0.141. The maximum atomic E-state index is 13.6. The summed E-state index contributed by atoms with van der Waals surface area (Å²) in [5.74, 6) is -0.994. The molecule has 28 heavy (non-hydrogen) atoms. The summed E-state index contributed by atoms with van der Waals surface area (Å²) in [6.45, 7) is 3.03. The third-order valence-corrected chi connectivity index (χ3v) is 4.42. The molecule has 1 fully saturated rings. The lowest BCUT2D eigenvalue weighted by atomic mass is 10.2. The number of nitrogens with zero attached hydrogens (tertiary/aromatic N) is 4. The van der Waals surface area contributed by atoms with Crippen molar-refractivity contribution in [3.05, 3.63) is 53.6 Å². The molecule has 0 saturated carbocycles. The summed E-state index contributed by atoms with van der Waals surface area (Å²) in [7, 11) is 0. The smallest absolute Gasteiger partial charge is 0.351 e. The first-order chi connectivity index (χ1) is 13.3. The first kappa shape index (κ1) is 20.0. The lowest BCUT2D eigenvalue weighted by Crippen LogP contribution is -2.49. The number of carbonyl (C=O) groups is 1. The van der Waals surface area contributed by atoms with Gasteiger partial charge < -0.3 is 10.2 Å². The van der Waals surface area contributed by atoms with Gasteiger partial charge >= 0.3 is 6.18 Å². The van der Waals surface area contributed by atoms with Crippen LogP contribution in [0.15, 0.2) is 36.5 Å². The molecule has 0 bridgehead atoms. The van der Waals surface area contributed by atoms with Gasteiger partial charge in [-0.2, -0.15) is 13.2 Å². The van der Waals surface area contributed by atoms with Crippen LogP contribution < -0.4 is 10.2 Å². The summed E-state index contributed by atoms with van der Waals surface area (Å²) in [6.07, 6.45) is -3.40. The van der Waals surface area contributed by atoms with Crippen molar-refractivity contribution >= 4 is 11.9 Å². The van der Waals surface area contributed by atoms with Gasteiger partial charge in [0, 0.05) is 45.5 Å². The van der Waals surface area contributed by atoms with Gasteiger partial charge in [0.05, 0.1) is 5.56 Å². The van der Waals surface area contributed by atoms with Crippen LogP contribution >= 0.6 is 0 Å². The highest BCUT2D eigenvalue weighted by molar-refractivity contribution is 5.94. The zero-order valence-electron chi connectivity index (χ0n) is 14.9. The van der Waals surface area contributed by atoms with Crippen LogP contribution in [-0.2, 0) is 6.18 Å². The Bertz CT molecular complexity index is 822. The highest BCUT2D eigenvalue weighted by Gasteiger charge is 2.33. The largest absolute Gasteiger partial charge is 0.433 e. The van der Waals surface area contributed by atoms with Crippen molar-refractivity contribution in [2.24, 2.45) is 0 Å². The first-order valence-corrected chi connectivity index (χ1v) is 8.75. The van der Waals surface area contributed by atoms with Gasteiger partial charge in [-0.05, 0) is 18.2 Å². The van der Waals surface area contributed by atoms with Crippen LogP contribution in [0.25, 0.3) is 0 Å². The molecule has 2 aromatic rings. The van der Waals surface area contributed by atoms with E-state index in [4.69, 9.17) is 0 Å². The van der Waals surface area contributed by atoms with Crippen molar-refractivity contribution in [2.45, 2.75) is 6.18 Å². The molecule has 2 heterocycles. The fraction of sp³-hybridized carbons (Fsp3) is 0.389. The van der Waals surface area contributed by atoms with Crippen LogP contribution in [0, 0.1) is 5.82 Å². The van der Waals surface area contributed by atoms with E-state index in [1.807, 2.05) is 0 Å². The van der Waals surface area contributed by atoms with Crippen LogP contribution in [0.5, 0.6) is 0 Å². The number of benzene rings is 1. The predicted octanol–water partition coefficient (Wildman–Crippen LogP) is 2.19. The number of piperazine rings is 1. The monoisotopic (exact) mass is 397 g/mol. The standard InChI is InChI=1S/C18H19F4N5O/c19-14-4-2-1-3-13(14)16(28)23-7-8-26-9-11-27(12-10-26)17-24-6-5-15(25-17)18(20,21)22/h1-6H,7-12H2,(H,23,28). The van der Waals surface area contributed by atoms with Gasteiger partial charge in [-0.15, -0.1) is 0 Å². The molecular weight excluding hydrogens is 378 g/mol. The minimum absolute atomic E-state index is 0.00554. The predicted molar refractivity (Wildman–Crippen MR) is 94.4 cm³/mol. The Balaban J connectivity index is 1.46. The number of halogens is 4. The van der Waals surface area contributed by atoms with Crippen molar-refractivity contribution in [3.8, 4) is 0 Å². The quantitative estimate of drug-likeness (QED) is 0.784. The van der Waals surface area contributed by atoms with Crippen LogP contribution in [0.2, 0.25) is 0 Å². The average molecular weight is 397 g/mol. The summed E-state index contributed by atoms with van der Waals surface area (Å²) in [5.41, 5.74) is -0.968. The van der Waals surface area contributed by atoms with Crippen molar-refractivity contribution in [2.75, 3.05) is 44.2 Å². The SMILES string of the molecule is O=C(NCCN1CCN(c2nccc(C(F)(F)F)n2)CC1)c1ccccc1F. The Labute approximate surface area is 159 Å². The number of hydrogen-bond acceptors (Lipinski definition) is 5. The summed E-state index contributed by atoms with van der Waals surface area (Å²) < 4.78 is 51.9. The molecule has 0 unspecified atom stereocenters. The molecule has 1 N–H and O–H groups in total. The third-order valence-electron chi connectivity index (χ3n) is 4.42. The Morgan fingerprint density at radius 2 is 1.82 bits per heavy atom. The van der Waals surface area contributed by atoms with E-state index < -0.39 is 23.6 Å². The molecule has 10 heteroatoms. The molecule has 1 aliphatic rings. The summed E-state index contributed by atoms with van der Waals surface area (Å²) in [5, 5.41) is 2.67. The fourth-order valence-corrected chi connectivity index (χ4v) is 2.90. The van der Waals surface area contributed by atoms with E-state index in [-0.39, 0.29) is 11.5 Å². The average Bonchev–Trinajstić information content (AvgIpc) is 2.68. The van der Waals surface area contributed by atoms with Gasteiger partial charge in [-0.3, -0.25) is 9.69 Å². The second kappa shape index (κ2) is 8.51. The van der Waals surface area contributed by atoms with Crippen LogP contribution in [-0.4, -0.2) is 60.0 Å². The maximum Gasteiger partial charge on any atom is 0.433 e. The van der Waals surface area contributed by atoms with Gasteiger partial charge in [-0.1, -0.05) is 12.1 Å². The Morgan fingerprint density at radius 1 is 1.11 bits per heavy atom. The van der Waals surface area contributed by atoms with E-state index in [0.29, 0.717) is 39.3 Å². The van der Waals surface area contributed by atoms with E-state index in [9.17, 15) is 22.4 Å². The van der Waals surface area contributed by atoms with E-state index in [1.54, 1.807) is 11.0 Å². The molecule has 6 nitrogen and oxygen atoms in total. The Kier molecular flexibility index (Phi) is 6.08. The number of carbonyl (C=O) groups excluding carboxylic acids is 1. The van der Waals surface area contributed by atoms with Gasteiger partial charge in [0.15, 0.2) is 0 Å². The zero-order chi connectivity index (χ0) is 20.1. The molecule has 1 saturated heterocycles. The topological polar surface area (TPSA) is 61.4 Å². The molecule has 1 aliphatic heterocycles. The second-order valence-corrected chi connectivity index (χ2v) is 6.30. The number of nitrogens with one attached hydrogen (secondary N) is 1. The van der Waals surface area contributed by atoms with Crippen LogP contribution in [0.4, 0.5) is 23.5 Å². The molecule has 3 rings (SSSR count). The molecule has 0 radical (unpaired) electrons. The Hall–Kier alpha value is -2.75. The number of amides is 1. The van der Waals surface area contributed by atoms with Crippen LogP contribution in [0.3, 0.4) is 0 Å². The molecule has 1 aromatic heterocycles. The minimum atomic E-state index is -4.50. The molecule has 0 spiro atoms. The molecule has 0 aliphatic carbocycles. The van der Waals surface area contributed by atoms with E-state index in [2.05, 4.69) is 20.2 Å². The second-order valence-electron chi connectivity index (χ2n) is 6.30. The summed E-state index contributed by atoms with van der Waals surface area (Å²) in [6, 6.07) is 6.59.